The number of aliphatic hydroxyl groups is 1. The summed E-state index contributed by atoms with van der Waals surface area (Å²) in [5.41, 5.74) is 1.20. The molecule has 1 aromatic carbocycles. The number of morpholine rings is 1. The number of quaternary nitrogens is 1. The Morgan fingerprint density at radius 3 is 2.78 bits per heavy atom. The van der Waals surface area contributed by atoms with Crippen LogP contribution in [0.2, 0.25) is 0 Å². The van der Waals surface area contributed by atoms with Crippen molar-refractivity contribution in [3.8, 4) is 10.4 Å². The Balaban J connectivity index is 1.50. The van der Waals surface area contributed by atoms with Crippen LogP contribution in [0.5, 0.6) is 0 Å². The molecule has 1 fully saturated rings. The molecule has 0 bridgehead atoms. The van der Waals surface area contributed by atoms with Crippen LogP contribution in [0.3, 0.4) is 0 Å². The van der Waals surface area contributed by atoms with E-state index in [1.54, 1.807) is 23.1 Å². The van der Waals surface area contributed by atoms with Crippen molar-refractivity contribution in [2.45, 2.75) is 18.1 Å². The van der Waals surface area contributed by atoms with Crippen molar-refractivity contribution in [1.29, 1.82) is 0 Å². The summed E-state index contributed by atoms with van der Waals surface area (Å²) in [6.07, 6.45) is -0.347. The van der Waals surface area contributed by atoms with Crippen molar-refractivity contribution in [2.24, 2.45) is 0 Å². The SMILES string of the molecule is Cc1nc(SC[C@@H](O)C[NH+]2CCOCC2)c2cc(-c3ccccc3)sc2n1. The predicted molar refractivity (Wildman–Crippen MR) is 111 cm³/mol. The molecular weight excluding hydrogens is 378 g/mol. The molecule has 0 unspecified atom stereocenters. The smallest absolute Gasteiger partial charge is 0.128 e. The van der Waals surface area contributed by atoms with E-state index in [0.717, 1.165) is 53.9 Å². The third-order valence-corrected chi connectivity index (χ3v) is 6.88. The lowest BCUT2D eigenvalue weighted by Gasteiger charge is -2.25. The first kappa shape index (κ1) is 18.8. The molecule has 3 aromatic rings. The second-order valence-electron chi connectivity index (χ2n) is 6.80. The molecule has 1 saturated heterocycles. The summed E-state index contributed by atoms with van der Waals surface area (Å²) in [4.78, 5) is 12.9. The molecule has 5 nitrogen and oxygen atoms in total. The highest BCUT2D eigenvalue weighted by atomic mass is 32.2. The number of thiophene rings is 1. The van der Waals surface area contributed by atoms with Gasteiger partial charge >= 0.3 is 0 Å². The van der Waals surface area contributed by atoms with E-state index < -0.39 is 0 Å². The zero-order valence-corrected chi connectivity index (χ0v) is 17.0. The summed E-state index contributed by atoms with van der Waals surface area (Å²) >= 11 is 3.33. The number of hydrogen-bond acceptors (Lipinski definition) is 6. The van der Waals surface area contributed by atoms with Gasteiger partial charge in [-0.2, -0.15) is 0 Å². The second-order valence-corrected chi connectivity index (χ2v) is 8.84. The molecule has 2 N–H and O–H groups in total. The fraction of sp³-hybridized carbons (Fsp3) is 0.400. The average Bonchev–Trinajstić information content (AvgIpc) is 3.11. The van der Waals surface area contributed by atoms with Gasteiger partial charge in [-0.3, -0.25) is 0 Å². The lowest BCUT2D eigenvalue weighted by molar-refractivity contribution is -0.910. The van der Waals surface area contributed by atoms with E-state index in [4.69, 9.17) is 4.74 Å². The van der Waals surface area contributed by atoms with Crippen LogP contribution < -0.4 is 4.90 Å². The van der Waals surface area contributed by atoms with Gasteiger partial charge in [-0.1, -0.05) is 30.3 Å². The molecule has 0 radical (unpaired) electrons. The van der Waals surface area contributed by atoms with Gasteiger partial charge in [-0.15, -0.1) is 23.1 Å². The Morgan fingerprint density at radius 1 is 1.22 bits per heavy atom. The minimum atomic E-state index is -0.347. The molecule has 2 aromatic heterocycles. The monoisotopic (exact) mass is 402 g/mol. The van der Waals surface area contributed by atoms with Gasteiger partial charge in [0.05, 0.1) is 13.2 Å². The lowest BCUT2D eigenvalue weighted by Crippen LogP contribution is -3.15. The number of hydrogen-bond donors (Lipinski definition) is 2. The minimum Gasteiger partial charge on any atom is -0.386 e. The van der Waals surface area contributed by atoms with Crippen LogP contribution in [-0.2, 0) is 4.74 Å². The molecule has 4 rings (SSSR count). The molecule has 27 heavy (non-hydrogen) atoms. The summed E-state index contributed by atoms with van der Waals surface area (Å²) in [6.45, 7) is 6.23. The van der Waals surface area contributed by atoms with Crippen molar-refractivity contribution < 1.29 is 14.7 Å². The summed E-state index contributed by atoms with van der Waals surface area (Å²) in [5, 5.41) is 12.5. The predicted octanol–water partition coefficient (Wildman–Crippen LogP) is 2.03. The minimum absolute atomic E-state index is 0.347. The van der Waals surface area contributed by atoms with E-state index >= 15 is 0 Å². The van der Waals surface area contributed by atoms with Crippen molar-refractivity contribution in [3.05, 3.63) is 42.2 Å². The number of nitrogens with zero attached hydrogens (tertiary/aromatic N) is 2. The third-order valence-electron chi connectivity index (χ3n) is 4.66. The number of thioether (sulfide) groups is 1. The molecular formula is C20H24N3O2S2+. The van der Waals surface area contributed by atoms with Gasteiger partial charge in [0.15, 0.2) is 0 Å². The molecule has 0 aliphatic carbocycles. The van der Waals surface area contributed by atoms with E-state index in [1.807, 2.05) is 13.0 Å². The van der Waals surface area contributed by atoms with Gasteiger partial charge in [0.2, 0.25) is 0 Å². The Kier molecular flexibility index (Phi) is 6.04. The van der Waals surface area contributed by atoms with Gasteiger partial charge in [0.25, 0.3) is 0 Å². The van der Waals surface area contributed by atoms with E-state index in [9.17, 15) is 5.11 Å². The number of rotatable bonds is 6. The van der Waals surface area contributed by atoms with Gasteiger partial charge < -0.3 is 14.7 Å². The maximum Gasteiger partial charge on any atom is 0.128 e. The molecule has 0 saturated carbocycles. The number of aryl methyl sites for hydroxylation is 1. The van der Waals surface area contributed by atoms with Crippen molar-refractivity contribution in [1.82, 2.24) is 9.97 Å². The van der Waals surface area contributed by atoms with Gasteiger partial charge in [0, 0.05) is 16.0 Å². The second kappa shape index (κ2) is 8.67. The number of fused-ring (bicyclic) bond motifs is 1. The largest absolute Gasteiger partial charge is 0.386 e. The number of ether oxygens (including phenoxy) is 1. The fourth-order valence-corrected chi connectivity index (χ4v) is 5.41. The van der Waals surface area contributed by atoms with Crippen LogP contribution in [0.4, 0.5) is 0 Å². The average molecular weight is 403 g/mol. The standard InChI is InChI=1S/C20H23N3O2S2/c1-14-21-19(26-13-16(24)12-23-7-9-25-10-8-23)17-11-18(27-20(17)22-14)15-5-3-2-4-6-15/h2-6,11,16,24H,7-10,12-13H2,1H3/p+1/t16-/m0/s1. The van der Waals surface area contributed by atoms with Crippen molar-refractivity contribution >= 4 is 33.3 Å². The highest BCUT2D eigenvalue weighted by molar-refractivity contribution is 7.99. The number of benzene rings is 1. The molecule has 7 heteroatoms. The molecule has 3 heterocycles. The summed E-state index contributed by atoms with van der Waals surface area (Å²) in [5.74, 6) is 1.42. The highest BCUT2D eigenvalue weighted by Crippen LogP contribution is 2.36. The molecule has 0 amide bonds. The highest BCUT2D eigenvalue weighted by Gasteiger charge is 2.19. The van der Waals surface area contributed by atoms with Gasteiger partial charge in [-0.05, 0) is 18.6 Å². The number of aromatic nitrogens is 2. The lowest BCUT2D eigenvalue weighted by atomic mass is 10.2. The summed E-state index contributed by atoms with van der Waals surface area (Å²) in [7, 11) is 0. The Hall–Kier alpha value is -1.51. The first-order chi connectivity index (χ1) is 13.2. The Labute approximate surface area is 167 Å². The van der Waals surface area contributed by atoms with Crippen LogP contribution in [-0.4, -0.2) is 59.8 Å². The molecule has 1 aliphatic heterocycles. The van der Waals surface area contributed by atoms with E-state index in [2.05, 4.69) is 40.3 Å². The van der Waals surface area contributed by atoms with Gasteiger partial charge in [-0.25, -0.2) is 9.97 Å². The summed E-state index contributed by atoms with van der Waals surface area (Å²) < 4.78 is 5.39. The van der Waals surface area contributed by atoms with E-state index in [1.165, 1.54) is 15.3 Å². The van der Waals surface area contributed by atoms with Crippen LogP contribution in [0.25, 0.3) is 20.7 Å². The van der Waals surface area contributed by atoms with Gasteiger partial charge in [0.1, 0.15) is 41.4 Å². The maximum atomic E-state index is 10.5. The topological polar surface area (TPSA) is 59.7 Å². The van der Waals surface area contributed by atoms with Crippen LogP contribution >= 0.6 is 23.1 Å². The Bertz CT molecular complexity index is 895. The normalized spacial score (nSPS) is 16.7. The van der Waals surface area contributed by atoms with E-state index in [-0.39, 0.29) is 6.10 Å². The van der Waals surface area contributed by atoms with Crippen LogP contribution in [0, 0.1) is 6.92 Å². The van der Waals surface area contributed by atoms with E-state index in [0.29, 0.717) is 5.75 Å². The first-order valence-corrected chi connectivity index (χ1v) is 11.0. The maximum absolute atomic E-state index is 10.5. The van der Waals surface area contributed by atoms with Crippen molar-refractivity contribution in [3.63, 3.8) is 0 Å². The first-order valence-electron chi connectivity index (χ1n) is 9.25. The molecule has 0 spiro atoms. The number of aliphatic hydroxyl groups excluding tert-OH is 1. The summed E-state index contributed by atoms with van der Waals surface area (Å²) in [6, 6.07) is 12.5. The quantitative estimate of drug-likeness (QED) is 0.488. The zero-order valence-electron chi connectivity index (χ0n) is 15.4. The third kappa shape index (κ3) is 4.67. The molecule has 142 valence electrons. The van der Waals surface area contributed by atoms with Crippen LogP contribution in [0.15, 0.2) is 41.4 Å². The molecule has 1 aliphatic rings. The Morgan fingerprint density at radius 2 is 2.00 bits per heavy atom. The zero-order chi connectivity index (χ0) is 18.6. The van der Waals surface area contributed by atoms with Crippen LogP contribution in [0.1, 0.15) is 5.82 Å². The molecule has 1 atom stereocenters. The van der Waals surface area contributed by atoms with Crippen molar-refractivity contribution in [2.75, 3.05) is 38.6 Å². The fourth-order valence-electron chi connectivity index (χ4n) is 3.28. The number of nitrogens with one attached hydrogen (secondary N) is 1.